The second-order valence-electron chi connectivity index (χ2n) is 6.48. The van der Waals surface area contributed by atoms with E-state index >= 15 is 0 Å². The molecule has 0 aliphatic heterocycles. The van der Waals surface area contributed by atoms with Gasteiger partial charge in [0.15, 0.2) is 0 Å². The van der Waals surface area contributed by atoms with E-state index in [1.54, 1.807) is 16.7 Å². The second-order valence-corrected chi connectivity index (χ2v) is 6.91. The molecule has 0 aliphatic rings. The van der Waals surface area contributed by atoms with E-state index in [2.05, 4.69) is 5.32 Å². The Labute approximate surface area is 167 Å². The first-order chi connectivity index (χ1) is 13.6. The fraction of sp³-hybridized carbons (Fsp3) is 0.0909. The summed E-state index contributed by atoms with van der Waals surface area (Å²) >= 11 is 6.18. The fourth-order valence-electron chi connectivity index (χ4n) is 3.17. The molecule has 4 rings (SSSR count). The minimum atomic E-state index is -0.931. The summed E-state index contributed by atoms with van der Waals surface area (Å²) in [5, 5.41) is 13.5. The Bertz CT molecular complexity index is 1110. The smallest absolute Gasteiger partial charge is 0.326 e. The van der Waals surface area contributed by atoms with Crippen LogP contribution in [0, 0.1) is 0 Å². The average Bonchev–Trinajstić information content (AvgIpc) is 3.06. The summed E-state index contributed by atoms with van der Waals surface area (Å²) in [6.07, 6.45) is 2.08. The molecule has 2 aromatic heterocycles. The number of fused-ring (bicyclic) bond motifs is 1. The van der Waals surface area contributed by atoms with Gasteiger partial charge in [-0.1, -0.05) is 72.3 Å². The number of imidazole rings is 1. The van der Waals surface area contributed by atoms with Crippen LogP contribution < -0.4 is 5.32 Å². The van der Waals surface area contributed by atoms with Crippen molar-refractivity contribution in [2.45, 2.75) is 12.5 Å². The summed E-state index contributed by atoms with van der Waals surface area (Å²) < 4.78 is 1.80. The van der Waals surface area contributed by atoms with E-state index in [0.29, 0.717) is 28.6 Å². The SMILES string of the molecule is O=C(O)C(Cc1ccccc1)Nc1c(-c2ccccc2)nc2ccc(Cl)cn12. The fourth-order valence-corrected chi connectivity index (χ4v) is 3.33. The van der Waals surface area contributed by atoms with Crippen LogP contribution in [0.15, 0.2) is 79.0 Å². The van der Waals surface area contributed by atoms with Crippen molar-refractivity contribution in [3.8, 4) is 11.3 Å². The van der Waals surface area contributed by atoms with Crippen molar-refractivity contribution >= 4 is 29.0 Å². The molecule has 5 nitrogen and oxygen atoms in total. The minimum absolute atomic E-state index is 0.345. The number of hydrogen-bond donors (Lipinski definition) is 2. The van der Waals surface area contributed by atoms with Crippen molar-refractivity contribution in [3.05, 3.63) is 89.6 Å². The molecule has 0 radical (unpaired) electrons. The van der Waals surface area contributed by atoms with Gasteiger partial charge in [0.2, 0.25) is 0 Å². The van der Waals surface area contributed by atoms with Crippen molar-refractivity contribution in [1.82, 2.24) is 9.38 Å². The number of carboxylic acids is 1. The van der Waals surface area contributed by atoms with Crippen LogP contribution in [0.1, 0.15) is 5.56 Å². The summed E-state index contributed by atoms with van der Waals surface area (Å²) in [7, 11) is 0. The lowest BCUT2D eigenvalue weighted by atomic mass is 10.1. The van der Waals surface area contributed by atoms with Crippen molar-refractivity contribution in [3.63, 3.8) is 0 Å². The minimum Gasteiger partial charge on any atom is -0.480 e. The molecule has 1 unspecified atom stereocenters. The topological polar surface area (TPSA) is 66.6 Å². The van der Waals surface area contributed by atoms with E-state index in [-0.39, 0.29) is 0 Å². The number of anilines is 1. The molecule has 2 aromatic carbocycles. The van der Waals surface area contributed by atoms with Gasteiger partial charge in [-0.25, -0.2) is 9.78 Å². The number of aliphatic carboxylic acids is 1. The number of carboxylic acid groups (broad SMARTS) is 1. The number of halogens is 1. The normalized spacial score (nSPS) is 12.0. The Morgan fingerprint density at radius 1 is 1.04 bits per heavy atom. The quantitative estimate of drug-likeness (QED) is 0.497. The molecule has 0 bridgehead atoms. The van der Waals surface area contributed by atoms with Gasteiger partial charge in [0, 0.05) is 18.2 Å². The van der Waals surface area contributed by atoms with Gasteiger partial charge < -0.3 is 10.4 Å². The number of carbonyl (C=O) groups is 1. The first-order valence-electron chi connectivity index (χ1n) is 8.88. The van der Waals surface area contributed by atoms with E-state index < -0.39 is 12.0 Å². The third-order valence-electron chi connectivity index (χ3n) is 4.52. The third kappa shape index (κ3) is 3.70. The van der Waals surface area contributed by atoms with Crippen LogP contribution in [0.2, 0.25) is 5.02 Å². The standard InChI is InChI=1S/C22H18ClN3O2/c23-17-11-12-19-25-20(16-9-5-2-6-10-16)21(26(19)14-17)24-18(22(27)28)13-15-7-3-1-4-8-15/h1-12,14,18,24H,13H2,(H,27,28). The molecular weight excluding hydrogens is 374 g/mol. The van der Waals surface area contributed by atoms with Gasteiger partial charge in [-0.3, -0.25) is 4.40 Å². The number of aromatic nitrogens is 2. The monoisotopic (exact) mass is 391 g/mol. The molecule has 0 amide bonds. The van der Waals surface area contributed by atoms with Gasteiger partial charge in [0.05, 0.1) is 5.02 Å². The molecule has 140 valence electrons. The number of rotatable bonds is 6. The molecule has 28 heavy (non-hydrogen) atoms. The van der Waals surface area contributed by atoms with Gasteiger partial charge in [-0.05, 0) is 17.7 Å². The average molecular weight is 392 g/mol. The van der Waals surface area contributed by atoms with Gasteiger partial charge in [0.1, 0.15) is 23.2 Å². The third-order valence-corrected chi connectivity index (χ3v) is 4.74. The van der Waals surface area contributed by atoms with Crippen LogP contribution in [0.5, 0.6) is 0 Å². The molecule has 4 aromatic rings. The maximum absolute atomic E-state index is 12.0. The number of nitrogens with zero attached hydrogens (tertiary/aromatic N) is 2. The molecule has 0 fully saturated rings. The molecule has 0 saturated carbocycles. The Balaban J connectivity index is 1.79. The Hall–Kier alpha value is -3.31. The van der Waals surface area contributed by atoms with E-state index in [9.17, 15) is 9.90 Å². The maximum atomic E-state index is 12.0. The Morgan fingerprint density at radius 3 is 2.39 bits per heavy atom. The molecule has 1 atom stereocenters. The van der Waals surface area contributed by atoms with Crippen LogP contribution in [-0.2, 0) is 11.2 Å². The van der Waals surface area contributed by atoms with E-state index in [1.165, 1.54) is 0 Å². The van der Waals surface area contributed by atoms with Crippen molar-refractivity contribution in [2.24, 2.45) is 0 Å². The van der Waals surface area contributed by atoms with Crippen molar-refractivity contribution < 1.29 is 9.90 Å². The summed E-state index contributed by atoms with van der Waals surface area (Å²) in [4.78, 5) is 16.7. The largest absolute Gasteiger partial charge is 0.480 e. The predicted octanol–water partition coefficient (Wildman–Crippen LogP) is 4.76. The highest BCUT2D eigenvalue weighted by molar-refractivity contribution is 6.30. The first kappa shape index (κ1) is 18.1. The number of hydrogen-bond acceptors (Lipinski definition) is 3. The highest BCUT2D eigenvalue weighted by Crippen LogP contribution is 2.30. The van der Waals surface area contributed by atoms with Crippen molar-refractivity contribution in [2.75, 3.05) is 5.32 Å². The molecule has 0 spiro atoms. The van der Waals surface area contributed by atoms with Crippen LogP contribution in [-0.4, -0.2) is 26.5 Å². The highest BCUT2D eigenvalue weighted by atomic mass is 35.5. The van der Waals surface area contributed by atoms with Crippen LogP contribution in [0.3, 0.4) is 0 Å². The lowest BCUT2D eigenvalue weighted by molar-refractivity contribution is -0.137. The number of pyridine rings is 1. The molecule has 2 N–H and O–H groups in total. The lowest BCUT2D eigenvalue weighted by Gasteiger charge is -2.17. The van der Waals surface area contributed by atoms with Gasteiger partial charge in [-0.2, -0.15) is 0 Å². The van der Waals surface area contributed by atoms with E-state index in [1.807, 2.05) is 66.7 Å². The van der Waals surface area contributed by atoms with Gasteiger partial charge in [0.25, 0.3) is 0 Å². The van der Waals surface area contributed by atoms with Crippen LogP contribution >= 0.6 is 11.6 Å². The van der Waals surface area contributed by atoms with E-state index in [4.69, 9.17) is 16.6 Å². The molecule has 0 saturated heterocycles. The predicted molar refractivity (Wildman–Crippen MR) is 111 cm³/mol. The van der Waals surface area contributed by atoms with Gasteiger partial charge in [-0.15, -0.1) is 0 Å². The summed E-state index contributed by atoms with van der Waals surface area (Å²) in [6.45, 7) is 0. The van der Waals surface area contributed by atoms with Gasteiger partial charge >= 0.3 is 5.97 Å². The second kappa shape index (κ2) is 7.74. The lowest BCUT2D eigenvalue weighted by Crippen LogP contribution is -2.32. The maximum Gasteiger partial charge on any atom is 0.326 e. The molecular formula is C22H18ClN3O2. The van der Waals surface area contributed by atoms with E-state index in [0.717, 1.165) is 11.1 Å². The zero-order valence-electron chi connectivity index (χ0n) is 14.9. The summed E-state index contributed by atoms with van der Waals surface area (Å²) in [5.74, 6) is -0.327. The van der Waals surface area contributed by atoms with Crippen LogP contribution in [0.25, 0.3) is 16.9 Å². The highest BCUT2D eigenvalue weighted by Gasteiger charge is 2.23. The summed E-state index contributed by atoms with van der Waals surface area (Å²) in [6, 6.07) is 22.0. The number of nitrogens with one attached hydrogen (secondary N) is 1. The Kier molecular flexibility index (Phi) is 5.00. The van der Waals surface area contributed by atoms with Crippen LogP contribution in [0.4, 0.5) is 5.82 Å². The Morgan fingerprint density at radius 2 is 1.71 bits per heavy atom. The molecule has 0 aliphatic carbocycles. The molecule has 6 heteroatoms. The zero-order chi connectivity index (χ0) is 19.5. The first-order valence-corrected chi connectivity index (χ1v) is 9.26. The van der Waals surface area contributed by atoms with Crippen molar-refractivity contribution in [1.29, 1.82) is 0 Å². The zero-order valence-corrected chi connectivity index (χ0v) is 15.7. The number of benzene rings is 2. The molecule has 2 heterocycles. The summed E-state index contributed by atoms with van der Waals surface area (Å²) in [5.41, 5.74) is 3.21.